The monoisotopic (exact) mass is 379 g/mol. The molecule has 2 amide bonds. The number of thiazole rings is 1. The predicted molar refractivity (Wildman–Crippen MR) is 105 cm³/mol. The lowest BCUT2D eigenvalue weighted by Gasteiger charge is -2.17. The maximum absolute atomic E-state index is 12.4. The van der Waals surface area contributed by atoms with Crippen LogP contribution in [0, 0.1) is 0 Å². The second-order valence-electron chi connectivity index (χ2n) is 6.00. The first-order valence-electron chi connectivity index (χ1n) is 8.37. The lowest BCUT2D eigenvalue weighted by Crippen LogP contribution is -2.34. The molecule has 8 heteroatoms. The van der Waals surface area contributed by atoms with Crippen LogP contribution in [0.2, 0.25) is 0 Å². The quantitative estimate of drug-likeness (QED) is 0.423. The number of rotatable bonds is 5. The lowest BCUT2D eigenvalue weighted by molar-refractivity contribution is 0.248. The number of benzene rings is 2. The van der Waals surface area contributed by atoms with Crippen LogP contribution >= 0.6 is 11.3 Å². The smallest absolute Gasteiger partial charge is 0.321 e. The molecule has 2 aromatic carbocycles. The Hall–Kier alpha value is -3.39. The SMILES string of the molecule is O=C(Nc1nccs1)N[C@@H](Cc1ccc(O)cc1)c1nc2ccccc2[nH]1. The molecule has 1 atom stereocenters. The minimum absolute atomic E-state index is 0.202. The molecule has 136 valence electrons. The van der Waals surface area contributed by atoms with E-state index in [-0.39, 0.29) is 17.8 Å². The minimum atomic E-state index is -0.373. The minimum Gasteiger partial charge on any atom is -0.508 e. The topological polar surface area (TPSA) is 103 Å². The lowest BCUT2D eigenvalue weighted by atomic mass is 10.1. The number of urea groups is 1. The van der Waals surface area contributed by atoms with Crippen molar-refractivity contribution in [1.82, 2.24) is 20.3 Å². The van der Waals surface area contributed by atoms with E-state index >= 15 is 0 Å². The van der Waals surface area contributed by atoms with Gasteiger partial charge in [0.2, 0.25) is 0 Å². The summed E-state index contributed by atoms with van der Waals surface area (Å²) in [5.41, 5.74) is 2.71. The van der Waals surface area contributed by atoms with Crippen LogP contribution in [0.1, 0.15) is 17.4 Å². The molecule has 0 aliphatic heterocycles. The van der Waals surface area contributed by atoms with Gasteiger partial charge in [-0.1, -0.05) is 24.3 Å². The Morgan fingerprint density at radius 2 is 2.00 bits per heavy atom. The molecular weight excluding hydrogens is 362 g/mol. The third kappa shape index (κ3) is 4.06. The van der Waals surface area contributed by atoms with Crippen LogP contribution in [0.3, 0.4) is 0 Å². The number of phenolic OH excluding ortho intramolecular Hbond substituents is 1. The third-order valence-corrected chi connectivity index (χ3v) is 4.76. The number of aromatic hydroxyl groups is 1. The van der Waals surface area contributed by atoms with Crippen molar-refractivity contribution in [3.8, 4) is 5.75 Å². The number of aromatic amines is 1. The van der Waals surface area contributed by atoms with Crippen LogP contribution in [0.15, 0.2) is 60.1 Å². The van der Waals surface area contributed by atoms with Crippen LogP contribution in [0.5, 0.6) is 5.75 Å². The molecule has 0 fully saturated rings. The van der Waals surface area contributed by atoms with Gasteiger partial charge in [-0.25, -0.2) is 14.8 Å². The van der Waals surface area contributed by atoms with Crippen molar-refractivity contribution in [2.75, 3.05) is 5.32 Å². The first kappa shape index (κ1) is 17.0. The summed E-state index contributed by atoms with van der Waals surface area (Å²) in [6.45, 7) is 0. The van der Waals surface area contributed by atoms with Crippen molar-refractivity contribution in [1.29, 1.82) is 0 Å². The van der Waals surface area contributed by atoms with E-state index in [9.17, 15) is 9.90 Å². The van der Waals surface area contributed by atoms with Crippen LogP contribution in [-0.4, -0.2) is 26.1 Å². The number of aromatic nitrogens is 3. The first-order valence-corrected chi connectivity index (χ1v) is 9.25. The molecule has 0 saturated carbocycles. The number of carbonyl (C=O) groups is 1. The molecule has 0 radical (unpaired) electrons. The van der Waals surface area contributed by atoms with Gasteiger partial charge in [0.25, 0.3) is 0 Å². The van der Waals surface area contributed by atoms with Crippen LogP contribution < -0.4 is 10.6 Å². The highest BCUT2D eigenvalue weighted by Crippen LogP contribution is 2.21. The molecule has 7 nitrogen and oxygen atoms in total. The van der Waals surface area contributed by atoms with Gasteiger partial charge in [0.15, 0.2) is 5.13 Å². The van der Waals surface area contributed by atoms with Crippen molar-refractivity contribution in [3.05, 3.63) is 71.5 Å². The number of carbonyl (C=O) groups excluding carboxylic acids is 1. The zero-order valence-electron chi connectivity index (χ0n) is 14.2. The zero-order chi connectivity index (χ0) is 18.6. The van der Waals surface area contributed by atoms with Crippen molar-refractivity contribution in [2.24, 2.45) is 0 Å². The van der Waals surface area contributed by atoms with Gasteiger partial charge in [-0.05, 0) is 36.2 Å². The average Bonchev–Trinajstić information content (AvgIpc) is 3.32. The molecule has 0 aliphatic carbocycles. The number of anilines is 1. The predicted octanol–water partition coefficient (Wildman–Crippen LogP) is 3.83. The molecule has 0 saturated heterocycles. The largest absolute Gasteiger partial charge is 0.508 e. The molecule has 4 N–H and O–H groups in total. The fraction of sp³-hybridized carbons (Fsp3) is 0.105. The number of hydrogen-bond acceptors (Lipinski definition) is 5. The Morgan fingerprint density at radius 1 is 1.19 bits per heavy atom. The Kier molecular flexibility index (Phi) is 4.71. The van der Waals surface area contributed by atoms with Gasteiger partial charge in [-0.2, -0.15) is 0 Å². The summed E-state index contributed by atoms with van der Waals surface area (Å²) in [6, 6.07) is 13.9. The number of nitrogens with zero attached hydrogens (tertiary/aromatic N) is 2. The molecule has 4 rings (SSSR count). The van der Waals surface area contributed by atoms with Crippen LogP contribution in [-0.2, 0) is 6.42 Å². The van der Waals surface area contributed by atoms with E-state index in [2.05, 4.69) is 25.6 Å². The summed E-state index contributed by atoms with van der Waals surface area (Å²) < 4.78 is 0. The van der Waals surface area contributed by atoms with E-state index in [1.165, 1.54) is 11.3 Å². The second kappa shape index (κ2) is 7.46. The van der Waals surface area contributed by atoms with Crippen molar-refractivity contribution in [2.45, 2.75) is 12.5 Å². The van der Waals surface area contributed by atoms with E-state index in [4.69, 9.17) is 0 Å². The van der Waals surface area contributed by atoms with Gasteiger partial charge in [-0.15, -0.1) is 11.3 Å². The van der Waals surface area contributed by atoms with Crippen LogP contribution in [0.4, 0.5) is 9.93 Å². The summed E-state index contributed by atoms with van der Waals surface area (Å²) in [6.07, 6.45) is 2.15. The normalized spacial score (nSPS) is 12.0. The van der Waals surface area contributed by atoms with E-state index in [1.807, 2.05) is 36.4 Å². The zero-order valence-corrected chi connectivity index (χ0v) is 15.0. The molecule has 0 aliphatic rings. The Morgan fingerprint density at radius 3 is 2.74 bits per heavy atom. The van der Waals surface area contributed by atoms with Gasteiger partial charge in [0.05, 0.1) is 17.1 Å². The van der Waals surface area contributed by atoms with E-state index in [0.717, 1.165) is 16.6 Å². The molecule has 0 spiro atoms. The molecule has 0 bridgehead atoms. The van der Waals surface area contributed by atoms with E-state index in [1.54, 1.807) is 23.7 Å². The number of fused-ring (bicyclic) bond motifs is 1. The molecule has 2 aromatic heterocycles. The molecule has 27 heavy (non-hydrogen) atoms. The number of hydrogen-bond donors (Lipinski definition) is 4. The van der Waals surface area contributed by atoms with Crippen molar-refractivity contribution < 1.29 is 9.90 Å². The maximum atomic E-state index is 12.4. The highest BCUT2D eigenvalue weighted by molar-refractivity contribution is 7.13. The number of nitrogens with one attached hydrogen (secondary N) is 3. The number of imidazole rings is 1. The Labute approximate surface area is 159 Å². The Balaban J connectivity index is 1.59. The number of H-pyrrole nitrogens is 1. The van der Waals surface area contributed by atoms with E-state index < -0.39 is 0 Å². The van der Waals surface area contributed by atoms with Crippen molar-refractivity contribution in [3.63, 3.8) is 0 Å². The Bertz CT molecular complexity index is 1010. The number of para-hydroxylation sites is 2. The summed E-state index contributed by atoms with van der Waals surface area (Å²) >= 11 is 1.35. The summed E-state index contributed by atoms with van der Waals surface area (Å²) in [5.74, 6) is 0.868. The van der Waals surface area contributed by atoms with Gasteiger partial charge in [0, 0.05) is 11.6 Å². The number of phenols is 1. The second-order valence-corrected chi connectivity index (χ2v) is 6.89. The van der Waals surface area contributed by atoms with Gasteiger partial charge < -0.3 is 15.4 Å². The fourth-order valence-electron chi connectivity index (χ4n) is 2.80. The molecular formula is C19H17N5O2S. The number of amides is 2. The van der Waals surface area contributed by atoms with E-state index in [0.29, 0.717) is 17.4 Å². The fourth-order valence-corrected chi connectivity index (χ4v) is 3.32. The van der Waals surface area contributed by atoms with Crippen LogP contribution in [0.25, 0.3) is 11.0 Å². The standard InChI is InChI=1S/C19H17N5O2S/c25-13-7-5-12(6-8-13)11-16(23-18(26)24-19-20-9-10-27-19)17-21-14-3-1-2-4-15(14)22-17/h1-10,16,25H,11H2,(H,21,22)(H2,20,23,24,26)/t16-/m0/s1. The first-order chi connectivity index (χ1) is 13.2. The highest BCUT2D eigenvalue weighted by Gasteiger charge is 2.19. The summed E-state index contributed by atoms with van der Waals surface area (Å²) in [4.78, 5) is 24.4. The molecule has 2 heterocycles. The highest BCUT2D eigenvalue weighted by atomic mass is 32.1. The summed E-state index contributed by atoms with van der Waals surface area (Å²) in [7, 11) is 0. The van der Waals surface area contributed by atoms with Gasteiger partial charge >= 0.3 is 6.03 Å². The van der Waals surface area contributed by atoms with Gasteiger partial charge in [0.1, 0.15) is 11.6 Å². The molecule has 0 unspecified atom stereocenters. The maximum Gasteiger partial charge on any atom is 0.321 e. The third-order valence-electron chi connectivity index (χ3n) is 4.07. The summed E-state index contributed by atoms with van der Waals surface area (Å²) in [5, 5.41) is 17.5. The average molecular weight is 379 g/mol. The van der Waals surface area contributed by atoms with Crippen molar-refractivity contribution >= 4 is 33.5 Å². The van der Waals surface area contributed by atoms with Gasteiger partial charge in [-0.3, -0.25) is 5.32 Å². The molecule has 4 aromatic rings.